The van der Waals surface area contributed by atoms with E-state index in [0.717, 1.165) is 37.2 Å². The van der Waals surface area contributed by atoms with Crippen LogP contribution in [0, 0.1) is 5.82 Å². The van der Waals surface area contributed by atoms with Crippen molar-refractivity contribution in [3.63, 3.8) is 0 Å². The lowest BCUT2D eigenvalue weighted by Crippen LogP contribution is -2.11. The van der Waals surface area contributed by atoms with Crippen LogP contribution in [-0.4, -0.2) is 6.61 Å². The zero-order valence-corrected chi connectivity index (χ0v) is 11.3. The Labute approximate surface area is 118 Å². The number of rotatable bonds is 4. The van der Waals surface area contributed by atoms with Crippen LogP contribution in [0.15, 0.2) is 42.5 Å². The first kappa shape index (κ1) is 13.1. The summed E-state index contributed by atoms with van der Waals surface area (Å²) < 4.78 is 18.4. The Morgan fingerprint density at radius 1 is 1.15 bits per heavy atom. The molecule has 1 atom stereocenters. The average Bonchev–Trinajstić information content (AvgIpc) is 2.93. The molecule has 0 aliphatic carbocycles. The molecule has 0 saturated carbocycles. The molecule has 20 heavy (non-hydrogen) atoms. The molecule has 2 N–H and O–H groups in total. The summed E-state index contributed by atoms with van der Waals surface area (Å²) in [6, 6.07) is 12.7. The molecule has 3 heteroatoms. The number of halogens is 1. The molecule has 0 aromatic heterocycles. The number of hydrogen-bond acceptors (Lipinski definition) is 2. The fourth-order valence-electron chi connectivity index (χ4n) is 2.59. The Morgan fingerprint density at radius 3 is 2.75 bits per heavy atom. The molecule has 1 unspecified atom stereocenters. The molecule has 0 bridgehead atoms. The Hall–Kier alpha value is -1.87. The molecule has 0 amide bonds. The molecule has 104 valence electrons. The van der Waals surface area contributed by atoms with Gasteiger partial charge in [0.2, 0.25) is 0 Å². The normalized spacial score (nSPS) is 14.7. The van der Waals surface area contributed by atoms with Crippen molar-refractivity contribution >= 4 is 0 Å². The summed E-state index contributed by atoms with van der Waals surface area (Å²) >= 11 is 0. The van der Waals surface area contributed by atoms with Crippen LogP contribution in [0.5, 0.6) is 5.75 Å². The lowest BCUT2D eigenvalue weighted by Gasteiger charge is -2.12. The summed E-state index contributed by atoms with van der Waals surface area (Å²) in [6.07, 6.45) is 2.77. The largest absolute Gasteiger partial charge is 0.493 e. The summed E-state index contributed by atoms with van der Waals surface area (Å²) in [7, 11) is 0. The molecule has 2 nitrogen and oxygen atoms in total. The van der Waals surface area contributed by atoms with E-state index in [0.29, 0.717) is 0 Å². The van der Waals surface area contributed by atoms with Crippen LogP contribution in [0.25, 0.3) is 0 Å². The number of benzene rings is 2. The molecular weight excluding hydrogens is 253 g/mol. The Bertz CT molecular complexity index is 594. The third kappa shape index (κ3) is 2.83. The smallest absolute Gasteiger partial charge is 0.123 e. The van der Waals surface area contributed by atoms with Crippen LogP contribution in [0.3, 0.4) is 0 Å². The maximum absolute atomic E-state index is 12.9. The van der Waals surface area contributed by atoms with Gasteiger partial charge in [-0.1, -0.05) is 24.3 Å². The highest BCUT2D eigenvalue weighted by Crippen LogP contribution is 2.27. The maximum atomic E-state index is 12.9. The highest BCUT2D eigenvalue weighted by molar-refractivity contribution is 5.39. The molecule has 0 spiro atoms. The van der Waals surface area contributed by atoms with Crippen LogP contribution >= 0.6 is 0 Å². The van der Waals surface area contributed by atoms with Gasteiger partial charge in [-0.2, -0.15) is 0 Å². The van der Waals surface area contributed by atoms with Crippen molar-refractivity contribution in [2.24, 2.45) is 5.73 Å². The van der Waals surface area contributed by atoms with E-state index >= 15 is 0 Å². The first-order valence-electron chi connectivity index (χ1n) is 6.98. The van der Waals surface area contributed by atoms with Crippen molar-refractivity contribution in [3.05, 3.63) is 65.0 Å². The summed E-state index contributed by atoms with van der Waals surface area (Å²) in [5.74, 6) is 0.788. The number of aryl methyl sites for hydroxylation is 1. The minimum absolute atomic E-state index is 0.0555. The third-order valence-electron chi connectivity index (χ3n) is 3.80. The SMILES string of the molecule is NC(CCc1ccc2c(c1)CCO2)c1ccc(F)cc1. The van der Waals surface area contributed by atoms with Gasteiger partial charge >= 0.3 is 0 Å². The van der Waals surface area contributed by atoms with Crippen molar-refractivity contribution in [2.75, 3.05) is 6.61 Å². The highest BCUT2D eigenvalue weighted by atomic mass is 19.1. The van der Waals surface area contributed by atoms with Crippen LogP contribution in [0.1, 0.15) is 29.2 Å². The first-order chi connectivity index (χ1) is 9.72. The van der Waals surface area contributed by atoms with Crippen molar-refractivity contribution in [3.8, 4) is 5.75 Å². The predicted octanol–water partition coefficient (Wildman–Crippen LogP) is 3.39. The summed E-state index contributed by atoms with van der Waals surface area (Å²) in [4.78, 5) is 0. The number of fused-ring (bicyclic) bond motifs is 1. The van der Waals surface area contributed by atoms with Gasteiger partial charge in [-0.15, -0.1) is 0 Å². The van der Waals surface area contributed by atoms with E-state index in [2.05, 4.69) is 12.1 Å². The fourth-order valence-corrected chi connectivity index (χ4v) is 2.59. The second-order valence-corrected chi connectivity index (χ2v) is 5.24. The Balaban J connectivity index is 1.63. The lowest BCUT2D eigenvalue weighted by molar-refractivity contribution is 0.357. The number of ether oxygens (including phenoxy) is 1. The van der Waals surface area contributed by atoms with Crippen LogP contribution in [0.4, 0.5) is 4.39 Å². The minimum Gasteiger partial charge on any atom is -0.493 e. The standard InChI is InChI=1S/C17H18FNO/c18-15-5-3-13(4-6-15)16(19)7-1-12-2-8-17-14(11-12)9-10-20-17/h2-6,8,11,16H,1,7,9-10,19H2. The first-order valence-corrected chi connectivity index (χ1v) is 6.98. The van der Waals surface area contributed by atoms with Crippen molar-refractivity contribution in [2.45, 2.75) is 25.3 Å². The highest BCUT2D eigenvalue weighted by Gasteiger charge is 2.13. The van der Waals surface area contributed by atoms with Crippen molar-refractivity contribution in [1.82, 2.24) is 0 Å². The molecular formula is C17H18FNO. The van der Waals surface area contributed by atoms with E-state index in [-0.39, 0.29) is 11.9 Å². The molecule has 1 aliphatic rings. The second kappa shape index (κ2) is 5.63. The molecule has 1 aliphatic heterocycles. The van der Waals surface area contributed by atoms with E-state index in [1.165, 1.54) is 23.3 Å². The average molecular weight is 271 g/mol. The molecule has 2 aromatic rings. The molecule has 3 rings (SSSR count). The number of nitrogens with two attached hydrogens (primary N) is 1. The number of hydrogen-bond donors (Lipinski definition) is 1. The summed E-state index contributed by atoms with van der Waals surface area (Å²) in [5.41, 5.74) is 9.71. The van der Waals surface area contributed by atoms with Gasteiger partial charge in [-0.3, -0.25) is 0 Å². The lowest BCUT2D eigenvalue weighted by atomic mass is 9.98. The van der Waals surface area contributed by atoms with E-state index in [1.807, 2.05) is 6.07 Å². The van der Waals surface area contributed by atoms with Gasteiger partial charge in [-0.05, 0) is 47.7 Å². The van der Waals surface area contributed by atoms with Gasteiger partial charge in [0.1, 0.15) is 11.6 Å². The fraction of sp³-hybridized carbons (Fsp3) is 0.294. The Kier molecular flexibility index (Phi) is 3.70. The van der Waals surface area contributed by atoms with Crippen LogP contribution in [-0.2, 0) is 12.8 Å². The van der Waals surface area contributed by atoms with Gasteiger partial charge < -0.3 is 10.5 Å². The van der Waals surface area contributed by atoms with Gasteiger partial charge in [0, 0.05) is 12.5 Å². The van der Waals surface area contributed by atoms with Gasteiger partial charge in [-0.25, -0.2) is 4.39 Å². The van der Waals surface area contributed by atoms with E-state index in [9.17, 15) is 4.39 Å². The maximum Gasteiger partial charge on any atom is 0.123 e. The van der Waals surface area contributed by atoms with Gasteiger partial charge in [0.25, 0.3) is 0 Å². The van der Waals surface area contributed by atoms with E-state index in [4.69, 9.17) is 10.5 Å². The molecule has 2 aromatic carbocycles. The monoisotopic (exact) mass is 271 g/mol. The zero-order chi connectivity index (χ0) is 13.9. The van der Waals surface area contributed by atoms with Crippen LogP contribution < -0.4 is 10.5 Å². The zero-order valence-electron chi connectivity index (χ0n) is 11.3. The summed E-state index contributed by atoms with van der Waals surface area (Å²) in [5, 5.41) is 0. The molecule has 0 radical (unpaired) electrons. The van der Waals surface area contributed by atoms with Gasteiger partial charge in [0.05, 0.1) is 6.61 Å². The Morgan fingerprint density at radius 2 is 1.95 bits per heavy atom. The van der Waals surface area contributed by atoms with Gasteiger partial charge in [0.15, 0.2) is 0 Å². The summed E-state index contributed by atoms with van der Waals surface area (Å²) in [6.45, 7) is 0.786. The van der Waals surface area contributed by atoms with Crippen molar-refractivity contribution in [1.29, 1.82) is 0 Å². The van der Waals surface area contributed by atoms with E-state index in [1.54, 1.807) is 12.1 Å². The topological polar surface area (TPSA) is 35.2 Å². The van der Waals surface area contributed by atoms with E-state index < -0.39 is 0 Å². The van der Waals surface area contributed by atoms with Crippen LogP contribution in [0.2, 0.25) is 0 Å². The predicted molar refractivity (Wildman–Crippen MR) is 77.3 cm³/mol. The third-order valence-corrected chi connectivity index (χ3v) is 3.80. The second-order valence-electron chi connectivity index (χ2n) is 5.24. The molecule has 0 saturated heterocycles. The molecule has 1 heterocycles. The minimum atomic E-state index is -0.223. The molecule has 0 fully saturated rings. The quantitative estimate of drug-likeness (QED) is 0.925. The van der Waals surface area contributed by atoms with Crippen molar-refractivity contribution < 1.29 is 9.13 Å².